The Bertz CT molecular complexity index is 378. The van der Waals surface area contributed by atoms with Crippen LogP contribution in [0.2, 0.25) is 0 Å². The lowest BCUT2D eigenvalue weighted by Crippen LogP contribution is -2.31. The molecule has 0 aliphatic carbocycles. The van der Waals surface area contributed by atoms with Gasteiger partial charge in [-0.1, -0.05) is 19.8 Å². The number of unbranched alkanes of at least 4 members (excludes halogenated alkanes) is 1. The van der Waals surface area contributed by atoms with Gasteiger partial charge >= 0.3 is 0 Å². The maximum atomic E-state index is 14.4. The van der Waals surface area contributed by atoms with E-state index in [-0.39, 0.29) is 43.6 Å². The number of rotatable bonds is 17. The third-order valence-corrected chi connectivity index (χ3v) is 6.36. The Hall–Kier alpha value is 1.05. The van der Waals surface area contributed by atoms with E-state index >= 15 is 0 Å². The molecule has 7 atom stereocenters. The average Bonchev–Trinajstić information content (AvgIpc) is 2.65. The van der Waals surface area contributed by atoms with E-state index in [2.05, 4.69) is 50.5 Å². The molecule has 0 aliphatic rings. The summed E-state index contributed by atoms with van der Waals surface area (Å²) < 4.78 is 70.4. The quantitative estimate of drug-likeness (QED) is 0.0941. The standard InChI is InChI=1S/C19H35F5S4/c1-2-3-4-15(21)12(10-25)7-17(23)18(24)8-13(11-26)16(22)6-5-14(20)9-19(27)28/h12-19,25-28H,2-11H2,1H3/t12-,13+,14?,15?,16?,17?,18?/m1/s1. The molecular formula is C19H35F5S4. The van der Waals surface area contributed by atoms with Gasteiger partial charge in [-0.05, 0) is 50.0 Å². The molecule has 0 aromatic rings. The molecule has 0 aromatic carbocycles. The number of alkyl halides is 5. The Morgan fingerprint density at radius 3 is 1.50 bits per heavy atom. The van der Waals surface area contributed by atoms with Gasteiger partial charge in [0.2, 0.25) is 0 Å². The smallest absolute Gasteiger partial charge is 0.132 e. The van der Waals surface area contributed by atoms with Crippen LogP contribution < -0.4 is 0 Å². The summed E-state index contributed by atoms with van der Waals surface area (Å²) in [6.07, 6.45) is -6.55. The van der Waals surface area contributed by atoms with Gasteiger partial charge in [0, 0.05) is 16.4 Å². The van der Waals surface area contributed by atoms with Crippen molar-refractivity contribution < 1.29 is 22.0 Å². The first-order chi connectivity index (χ1) is 13.2. The molecule has 28 heavy (non-hydrogen) atoms. The van der Waals surface area contributed by atoms with E-state index in [1.807, 2.05) is 6.92 Å². The van der Waals surface area contributed by atoms with Gasteiger partial charge in [-0.2, -0.15) is 50.5 Å². The fourth-order valence-corrected chi connectivity index (χ4v) is 4.32. The second kappa shape index (κ2) is 16.7. The van der Waals surface area contributed by atoms with Crippen LogP contribution in [-0.2, 0) is 0 Å². The zero-order valence-electron chi connectivity index (χ0n) is 16.4. The van der Waals surface area contributed by atoms with Crippen molar-refractivity contribution in [3.63, 3.8) is 0 Å². The Morgan fingerprint density at radius 1 is 0.643 bits per heavy atom. The van der Waals surface area contributed by atoms with E-state index in [1.165, 1.54) is 0 Å². The molecule has 170 valence electrons. The Balaban J connectivity index is 4.53. The van der Waals surface area contributed by atoms with Gasteiger partial charge in [-0.25, -0.2) is 22.0 Å². The molecule has 9 heteroatoms. The molecule has 0 radical (unpaired) electrons. The molecular weight excluding hydrogens is 451 g/mol. The van der Waals surface area contributed by atoms with Crippen LogP contribution in [0.1, 0.15) is 58.3 Å². The van der Waals surface area contributed by atoms with Gasteiger partial charge in [0.15, 0.2) is 0 Å². The van der Waals surface area contributed by atoms with Gasteiger partial charge in [0.05, 0.1) is 0 Å². The molecule has 0 N–H and O–H groups in total. The van der Waals surface area contributed by atoms with E-state index in [4.69, 9.17) is 0 Å². The van der Waals surface area contributed by atoms with Crippen molar-refractivity contribution in [1.82, 2.24) is 0 Å². The van der Waals surface area contributed by atoms with E-state index in [9.17, 15) is 22.0 Å². The lowest BCUT2D eigenvalue weighted by molar-refractivity contribution is 0.0837. The van der Waals surface area contributed by atoms with Crippen molar-refractivity contribution in [3.8, 4) is 0 Å². The summed E-state index contributed by atoms with van der Waals surface area (Å²) in [5.41, 5.74) is 0. The second-order valence-corrected chi connectivity index (χ2v) is 9.84. The van der Waals surface area contributed by atoms with Crippen LogP contribution in [0.4, 0.5) is 22.0 Å². The molecule has 0 nitrogen and oxygen atoms in total. The van der Waals surface area contributed by atoms with Crippen LogP contribution in [0.5, 0.6) is 0 Å². The summed E-state index contributed by atoms with van der Waals surface area (Å²) in [6, 6.07) is 0. The highest BCUT2D eigenvalue weighted by Gasteiger charge is 2.32. The lowest BCUT2D eigenvalue weighted by atomic mass is 9.89. The van der Waals surface area contributed by atoms with E-state index < -0.39 is 47.3 Å². The molecule has 0 amide bonds. The molecule has 5 unspecified atom stereocenters. The van der Waals surface area contributed by atoms with E-state index in [1.54, 1.807) is 0 Å². The number of hydrogen-bond acceptors (Lipinski definition) is 4. The predicted molar refractivity (Wildman–Crippen MR) is 124 cm³/mol. The summed E-state index contributed by atoms with van der Waals surface area (Å²) in [5.74, 6) is -1.32. The molecule has 0 aliphatic heterocycles. The van der Waals surface area contributed by atoms with Crippen molar-refractivity contribution >= 4 is 50.5 Å². The van der Waals surface area contributed by atoms with Crippen molar-refractivity contribution in [3.05, 3.63) is 0 Å². The van der Waals surface area contributed by atoms with Crippen molar-refractivity contribution in [2.24, 2.45) is 11.8 Å². The maximum absolute atomic E-state index is 14.4. The first kappa shape index (κ1) is 29.1. The van der Waals surface area contributed by atoms with Crippen molar-refractivity contribution in [2.45, 2.75) is 93.7 Å². The van der Waals surface area contributed by atoms with Crippen LogP contribution in [0.25, 0.3) is 0 Å². The van der Waals surface area contributed by atoms with Crippen LogP contribution in [0.15, 0.2) is 0 Å². The summed E-state index contributed by atoms with van der Waals surface area (Å²) in [5, 5.41) is 0. The molecule has 0 saturated carbocycles. The topological polar surface area (TPSA) is 0 Å². The molecule has 0 saturated heterocycles. The fourth-order valence-electron chi connectivity index (χ4n) is 3.10. The van der Waals surface area contributed by atoms with Gasteiger partial charge in [-0.15, -0.1) is 0 Å². The predicted octanol–water partition coefficient (Wildman–Crippen LogP) is 7.10. The second-order valence-electron chi connectivity index (χ2n) is 7.45. The number of hydrogen-bond donors (Lipinski definition) is 4. The molecule has 0 aromatic heterocycles. The highest BCUT2D eigenvalue weighted by Crippen LogP contribution is 2.30. The normalized spacial score (nSPS) is 19.8. The molecule has 0 fully saturated rings. The van der Waals surface area contributed by atoms with Crippen molar-refractivity contribution in [2.75, 3.05) is 11.5 Å². The van der Waals surface area contributed by atoms with E-state index in [0.717, 1.165) is 6.42 Å². The molecule has 0 spiro atoms. The van der Waals surface area contributed by atoms with Gasteiger partial charge in [0.1, 0.15) is 30.9 Å². The zero-order valence-corrected chi connectivity index (χ0v) is 19.9. The third kappa shape index (κ3) is 12.7. The SMILES string of the molecule is CCCCC(F)[C@@H](CS)CC(F)C(F)C[C@@H](CS)C(F)CCC(F)CC(S)S. The summed E-state index contributed by atoms with van der Waals surface area (Å²) >= 11 is 16.0. The minimum absolute atomic E-state index is 0.0260. The zero-order chi connectivity index (χ0) is 21.7. The Morgan fingerprint density at radius 2 is 1.11 bits per heavy atom. The summed E-state index contributed by atoms with van der Waals surface area (Å²) in [6.45, 7) is 1.93. The Labute approximate surface area is 189 Å². The highest BCUT2D eigenvalue weighted by molar-refractivity contribution is 7.99. The maximum Gasteiger partial charge on any atom is 0.132 e. The highest BCUT2D eigenvalue weighted by atomic mass is 32.2. The fraction of sp³-hybridized carbons (Fsp3) is 1.00. The molecule has 0 bridgehead atoms. The first-order valence-electron chi connectivity index (χ1n) is 9.94. The monoisotopic (exact) mass is 486 g/mol. The number of thiol groups is 4. The van der Waals surface area contributed by atoms with Crippen LogP contribution in [0.3, 0.4) is 0 Å². The van der Waals surface area contributed by atoms with Gasteiger partial charge in [-0.3, -0.25) is 0 Å². The van der Waals surface area contributed by atoms with Crippen molar-refractivity contribution in [1.29, 1.82) is 0 Å². The summed E-state index contributed by atoms with van der Waals surface area (Å²) in [7, 11) is 0. The largest absolute Gasteiger partial charge is 0.247 e. The molecule has 0 heterocycles. The minimum atomic E-state index is -1.91. The minimum Gasteiger partial charge on any atom is -0.247 e. The van der Waals surface area contributed by atoms with Crippen LogP contribution in [0, 0.1) is 11.8 Å². The van der Waals surface area contributed by atoms with Crippen LogP contribution >= 0.6 is 50.5 Å². The van der Waals surface area contributed by atoms with Gasteiger partial charge < -0.3 is 0 Å². The average molecular weight is 487 g/mol. The van der Waals surface area contributed by atoms with Crippen LogP contribution in [-0.4, -0.2) is 46.9 Å². The first-order valence-corrected chi connectivity index (χ1v) is 12.2. The summed E-state index contributed by atoms with van der Waals surface area (Å²) in [4.78, 5) is 0. The number of halogens is 5. The lowest BCUT2D eigenvalue weighted by Gasteiger charge is -2.26. The molecule has 0 rings (SSSR count). The third-order valence-electron chi connectivity index (χ3n) is 5.00. The van der Waals surface area contributed by atoms with E-state index in [0.29, 0.717) is 12.8 Å². The Kier molecular flexibility index (Phi) is 17.3. The van der Waals surface area contributed by atoms with Gasteiger partial charge in [0.25, 0.3) is 0 Å².